The first kappa shape index (κ1) is 20.9. The fourth-order valence-electron chi connectivity index (χ4n) is 1.56. The Morgan fingerprint density at radius 2 is 0.909 bits per heavy atom. The van der Waals surface area contributed by atoms with Crippen molar-refractivity contribution in [3.8, 4) is 0 Å². The zero-order valence-corrected chi connectivity index (χ0v) is 16.2. The van der Waals surface area contributed by atoms with Crippen molar-refractivity contribution in [3.63, 3.8) is 0 Å². The van der Waals surface area contributed by atoms with Crippen LogP contribution in [-0.2, 0) is 9.59 Å². The molecule has 2 aliphatic heterocycles. The Hall–Kier alpha value is -1.14. The number of carbonyl (C=O) groups is 2. The van der Waals surface area contributed by atoms with E-state index in [9.17, 15) is 9.59 Å². The number of hydrogen-bond acceptors (Lipinski definition) is 6. The van der Waals surface area contributed by atoms with Crippen LogP contribution in [0.5, 0.6) is 0 Å². The van der Waals surface area contributed by atoms with Gasteiger partial charge in [0.05, 0.1) is 0 Å². The minimum Gasteiger partial charge on any atom is -0.281 e. The van der Waals surface area contributed by atoms with E-state index in [0.717, 1.165) is 23.5 Å². The largest absolute Gasteiger partial charge is 0.281 e. The van der Waals surface area contributed by atoms with Crippen LogP contribution in [-0.4, -0.2) is 20.2 Å². The van der Waals surface area contributed by atoms with E-state index in [4.69, 9.17) is 0 Å². The van der Waals surface area contributed by atoms with E-state index in [1.54, 1.807) is 13.8 Å². The van der Waals surface area contributed by atoms with Crippen LogP contribution in [0.1, 0.15) is 55.4 Å². The summed E-state index contributed by atoms with van der Waals surface area (Å²) in [6, 6.07) is 0. The monoisotopic (exact) mass is 340 g/mol. The molecular weight excluding hydrogens is 316 g/mol. The fraction of sp³-hybridized carbons (Fsp3) is 0.500. The summed E-state index contributed by atoms with van der Waals surface area (Å²) in [6.07, 6.45) is 0. The zero-order valence-electron chi connectivity index (χ0n) is 14.5. The molecule has 6 heteroatoms. The molecule has 3 heterocycles. The number of fused-ring (bicyclic) bond motifs is 2. The summed E-state index contributed by atoms with van der Waals surface area (Å²) < 4.78 is 0. The molecule has 2 aliphatic rings. The number of carbonyl (C=O) groups excluding carboxylic acids is 2. The minimum absolute atomic E-state index is 0.00680. The van der Waals surface area contributed by atoms with Gasteiger partial charge in [-0.1, -0.05) is 41.5 Å². The van der Waals surface area contributed by atoms with E-state index in [-0.39, 0.29) is 10.2 Å². The normalized spacial score (nSPS) is 14.0. The summed E-state index contributed by atoms with van der Waals surface area (Å²) in [6.45, 7) is 15.5. The Morgan fingerprint density at radius 1 is 0.636 bits per heavy atom. The van der Waals surface area contributed by atoms with Crippen LogP contribution in [0, 0.1) is 0 Å². The van der Waals surface area contributed by atoms with Crippen LogP contribution < -0.4 is 10.7 Å². The number of aromatic nitrogens is 2. The fourth-order valence-corrected chi connectivity index (χ4v) is 3.27. The van der Waals surface area contributed by atoms with Gasteiger partial charge in [-0.3, -0.25) is 9.59 Å². The summed E-state index contributed by atoms with van der Waals surface area (Å²) in [5, 5.41) is 2.49. The van der Waals surface area contributed by atoms with Gasteiger partial charge in [-0.05, 0) is 37.4 Å². The second-order valence-corrected chi connectivity index (χ2v) is 5.48. The summed E-state index contributed by atoms with van der Waals surface area (Å²) in [7, 11) is 0. The number of hydrogen-bond donors (Lipinski definition) is 0. The highest BCUT2D eigenvalue weighted by atomic mass is 32.2. The Labute approximate surface area is 140 Å². The summed E-state index contributed by atoms with van der Waals surface area (Å²) in [4.78, 5) is 31.6. The third-order valence-electron chi connectivity index (χ3n) is 2.53. The number of thioether (sulfide) groups is 2. The second-order valence-electron chi connectivity index (χ2n) is 3.56. The van der Waals surface area contributed by atoms with E-state index in [2.05, 4.69) is 9.97 Å². The highest BCUT2D eigenvalue weighted by Gasteiger charge is 2.26. The quantitative estimate of drug-likeness (QED) is 0.723. The molecule has 3 rings (SSSR count). The highest BCUT2D eigenvalue weighted by Crippen LogP contribution is 2.26. The van der Waals surface area contributed by atoms with E-state index >= 15 is 0 Å². The van der Waals surface area contributed by atoms with E-state index < -0.39 is 0 Å². The molecule has 0 fully saturated rings. The van der Waals surface area contributed by atoms with Crippen LogP contribution in [0.4, 0.5) is 0 Å². The van der Waals surface area contributed by atoms with Crippen molar-refractivity contribution < 1.29 is 9.59 Å². The van der Waals surface area contributed by atoms with Gasteiger partial charge in [0.2, 0.25) is 10.2 Å². The van der Waals surface area contributed by atoms with Gasteiger partial charge in [0, 0.05) is 11.1 Å². The lowest BCUT2D eigenvalue weighted by molar-refractivity contribution is -0.107. The zero-order chi connectivity index (χ0) is 17.4. The lowest BCUT2D eigenvalue weighted by Gasteiger charge is -1.93. The first-order valence-electron chi connectivity index (χ1n) is 7.62. The molecule has 0 saturated carbocycles. The topological polar surface area (TPSA) is 59.9 Å². The van der Waals surface area contributed by atoms with Crippen molar-refractivity contribution in [1.82, 2.24) is 9.97 Å². The molecule has 0 unspecified atom stereocenters. The Balaban J connectivity index is 0.000000661. The van der Waals surface area contributed by atoms with E-state index in [1.807, 2.05) is 41.5 Å². The van der Waals surface area contributed by atoms with Gasteiger partial charge in [-0.15, -0.1) is 0 Å². The molecule has 1 aromatic rings. The van der Waals surface area contributed by atoms with Crippen LogP contribution in [0.3, 0.4) is 0 Å². The summed E-state index contributed by atoms with van der Waals surface area (Å²) >= 11 is 2.17. The smallest absolute Gasteiger partial charge is 0.223 e. The molecule has 0 amide bonds. The average Bonchev–Trinajstić information content (AvgIpc) is 3.01. The van der Waals surface area contributed by atoms with Crippen LogP contribution in [0.2, 0.25) is 0 Å². The van der Waals surface area contributed by atoms with Crippen molar-refractivity contribution >= 4 is 44.9 Å². The molecule has 0 saturated heterocycles. The van der Waals surface area contributed by atoms with Gasteiger partial charge in [0.25, 0.3) is 0 Å². The molecule has 0 bridgehead atoms. The van der Waals surface area contributed by atoms with Gasteiger partial charge in [-0.2, -0.15) is 0 Å². The Morgan fingerprint density at radius 3 is 1.18 bits per heavy atom. The number of nitrogens with zero attached hydrogens (tertiary/aromatic N) is 2. The molecule has 0 aliphatic carbocycles. The third kappa shape index (κ3) is 3.98. The Kier molecular flexibility index (Phi) is 9.28. The molecule has 0 radical (unpaired) electrons. The Bertz CT molecular complexity index is 622. The van der Waals surface area contributed by atoms with Crippen molar-refractivity contribution in [2.75, 3.05) is 0 Å². The highest BCUT2D eigenvalue weighted by molar-refractivity contribution is 8.15. The predicted octanol–water partition coefficient (Wildman–Crippen LogP) is 3.16. The third-order valence-corrected chi connectivity index (χ3v) is 4.47. The minimum atomic E-state index is -0.00680. The first-order chi connectivity index (χ1) is 10.6. The molecule has 0 aromatic carbocycles. The molecule has 1 aromatic heterocycles. The van der Waals surface area contributed by atoms with Gasteiger partial charge in [0.1, 0.15) is 20.8 Å². The number of rotatable bonds is 0. The second kappa shape index (κ2) is 9.79. The predicted molar refractivity (Wildman–Crippen MR) is 95.2 cm³/mol. The van der Waals surface area contributed by atoms with Gasteiger partial charge in [-0.25, -0.2) is 9.97 Å². The van der Waals surface area contributed by atoms with E-state index in [0.29, 0.717) is 31.9 Å². The van der Waals surface area contributed by atoms with Crippen LogP contribution >= 0.6 is 23.5 Å². The summed E-state index contributed by atoms with van der Waals surface area (Å²) in [5.41, 5.74) is 1.24. The van der Waals surface area contributed by atoms with Gasteiger partial charge in [0.15, 0.2) is 0 Å². The first-order valence-corrected chi connectivity index (χ1v) is 9.25. The maximum absolute atomic E-state index is 11.5. The van der Waals surface area contributed by atoms with Crippen LogP contribution in [0.25, 0.3) is 11.1 Å². The standard InChI is InChI=1S/C10H6N2O2S2.3C2H6/c1-3-5-7(15-9(3)13)12-6-4(2)10(14)16-8(6)11-5;3*1-2/h1-2H3;3*1-2H3. The SMILES string of the molecule is CC.CC.CC.CC1=c2nc3c(nc2SC1=O)=C(C)C(=O)S3. The van der Waals surface area contributed by atoms with Gasteiger partial charge >= 0.3 is 0 Å². The maximum atomic E-state index is 11.5. The molecular formula is C16H24N2O2S2. The lowest BCUT2D eigenvalue weighted by atomic mass is 10.3. The van der Waals surface area contributed by atoms with E-state index in [1.165, 1.54) is 0 Å². The van der Waals surface area contributed by atoms with Crippen molar-refractivity contribution in [2.45, 2.75) is 65.4 Å². The average molecular weight is 341 g/mol. The van der Waals surface area contributed by atoms with Gasteiger partial charge < -0.3 is 0 Å². The molecule has 22 heavy (non-hydrogen) atoms. The van der Waals surface area contributed by atoms with Crippen molar-refractivity contribution in [2.24, 2.45) is 0 Å². The molecule has 0 N–H and O–H groups in total. The lowest BCUT2D eigenvalue weighted by Crippen LogP contribution is -2.22. The molecule has 122 valence electrons. The van der Waals surface area contributed by atoms with Crippen LogP contribution in [0.15, 0.2) is 10.1 Å². The summed E-state index contributed by atoms with van der Waals surface area (Å²) in [5.74, 6) is 0. The molecule has 0 atom stereocenters. The molecule has 4 nitrogen and oxygen atoms in total. The molecule has 0 spiro atoms. The van der Waals surface area contributed by atoms with Crippen molar-refractivity contribution in [3.05, 3.63) is 10.7 Å². The van der Waals surface area contributed by atoms with Crippen molar-refractivity contribution in [1.29, 1.82) is 0 Å². The maximum Gasteiger partial charge on any atom is 0.223 e.